The molecule has 4 heteroatoms. The van der Waals surface area contributed by atoms with Crippen LogP contribution in [-0.4, -0.2) is 23.7 Å². The van der Waals surface area contributed by atoms with Crippen LogP contribution in [-0.2, 0) is 4.79 Å². The van der Waals surface area contributed by atoms with Crippen LogP contribution >= 0.6 is 0 Å². The van der Waals surface area contributed by atoms with Gasteiger partial charge in [0.1, 0.15) is 12.1 Å². The Kier molecular flexibility index (Phi) is 3.75. The predicted molar refractivity (Wildman–Crippen MR) is 73.1 cm³/mol. The second-order valence-corrected chi connectivity index (χ2v) is 5.18. The molecule has 19 heavy (non-hydrogen) atoms. The molecule has 2 unspecified atom stereocenters. The Morgan fingerprint density at radius 3 is 2.89 bits per heavy atom. The first-order valence-electron chi connectivity index (χ1n) is 6.55. The van der Waals surface area contributed by atoms with Crippen molar-refractivity contribution in [1.29, 1.82) is 5.26 Å². The highest BCUT2D eigenvalue weighted by Gasteiger charge is 2.35. The maximum Gasteiger partial charge on any atom is 0.326 e. The minimum Gasteiger partial charge on any atom is -0.480 e. The Morgan fingerprint density at radius 1 is 1.53 bits per heavy atom. The zero-order valence-corrected chi connectivity index (χ0v) is 11.3. The van der Waals surface area contributed by atoms with Crippen LogP contribution in [0.2, 0.25) is 0 Å². The number of para-hydroxylation sites is 1. The van der Waals surface area contributed by atoms with Crippen LogP contribution in [0, 0.1) is 24.2 Å². The van der Waals surface area contributed by atoms with E-state index in [0.29, 0.717) is 12.1 Å². The fraction of sp³-hybridized carbons (Fsp3) is 0.467. The summed E-state index contributed by atoms with van der Waals surface area (Å²) < 4.78 is 0. The summed E-state index contributed by atoms with van der Waals surface area (Å²) in [5.74, 6) is -0.711. The van der Waals surface area contributed by atoms with Crippen LogP contribution in [0.3, 0.4) is 0 Å². The third-order valence-corrected chi connectivity index (χ3v) is 3.83. The average Bonchev–Trinajstić information content (AvgIpc) is 2.37. The van der Waals surface area contributed by atoms with Crippen molar-refractivity contribution in [1.82, 2.24) is 0 Å². The van der Waals surface area contributed by atoms with E-state index in [9.17, 15) is 15.2 Å². The molecule has 0 saturated carbocycles. The first kappa shape index (κ1) is 13.4. The van der Waals surface area contributed by atoms with Crippen molar-refractivity contribution in [3.8, 4) is 6.07 Å². The highest BCUT2D eigenvalue weighted by molar-refractivity contribution is 5.81. The quantitative estimate of drug-likeness (QED) is 0.885. The molecule has 100 valence electrons. The lowest BCUT2D eigenvalue weighted by Gasteiger charge is -2.40. The number of nitriles is 1. The standard InChI is InChI=1S/C15H18N2O2/c1-10-5-3-7-12(9-16)13(10)17-8-4-6-11(2)14(17)15(18)19/h3,5,7,11,14H,4,6,8H2,1-2H3,(H,18,19). The van der Waals surface area contributed by atoms with Crippen molar-refractivity contribution >= 4 is 11.7 Å². The lowest BCUT2D eigenvalue weighted by molar-refractivity contribution is -0.140. The van der Waals surface area contributed by atoms with Gasteiger partial charge in [-0.2, -0.15) is 5.26 Å². The zero-order chi connectivity index (χ0) is 14.0. The van der Waals surface area contributed by atoms with E-state index in [1.54, 1.807) is 6.07 Å². The number of aryl methyl sites for hydroxylation is 1. The summed E-state index contributed by atoms with van der Waals surface area (Å²) >= 11 is 0. The number of anilines is 1. The fourth-order valence-electron chi connectivity index (χ4n) is 2.95. The maximum atomic E-state index is 11.5. The Labute approximate surface area is 113 Å². The second kappa shape index (κ2) is 5.31. The third-order valence-electron chi connectivity index (χ3n) is 3.83. The maximum absolute atomic E-state index is 11.5. The van der Waals surface area contributed by atoms with Crippen LogP contribution in [0.15, 0.2) is 18.2 Å². The minimum absolute atomic E-state index is 0.0948. The highest BCUT2D eigenvalue weighted by Crippen LogP contribution is 2.33. The van der Waals surface area contributed by atoms with Crippen molar-refractivity contribution in [2.75, 3.05) is 11.4 Å². The Hall–Kier alpha value is -2.02. The summed E-state index contributed by atoms with van der Waals surface area (Å²) in [6, 6.07) is 7.14. The zero-order valence-electron chi connectivity index (χ0n) is 11.3. The minimum atomic E-state index is -0.806. The summed E-state index contributed by atoms with van der Waals surface area (Å²) in [7, 11) is 0. The molecule has 1 N–H and O–H groups in total. The van der Waals surface area contributed by atoms with E-state index in [0.717, 1.165) is 24.1 Å². The Bertz CT molecular complexity index is 533. The molecule has 1 fully saturated rings. The molecule has 1 aliphatic rings. The molecule has 0 amide bonds. The number of hydrogen-bond acceptors (Lipinski definition) is 3. The molecule has 1 aromatic carbocycles. The van der Waals surface area contributed by atoms with Crippen LogP contribution in [0.1, 0.15) is 30.9 Å². The van der Waals surface area contributed by atoms with Gasteiger partial charge in [-0.3, -0.25) is 0 Å². The number of hydrogen-bond donors (Lipinski definition) is 1. The molecule has 2 rings (SSSR count). The smallest absolute Gasteiger partial charge is 0.326 e. The van der Waals surface area contributed by atoms with Gasteiger partial charge in [-0.1, -0.05) is 19.1 Å². The molecule has 0 aliphatic carbocycles. The normalized spacial score (nSPS) is 22.9. The number of piperidine rings is 1. The Morgan fingerprint density at radius 2 is 2.26 bits per heavy atom. The van der Waals surface area contributed by atoms with Crippen molar-refractivity contribution in [3.63, 3.8) is 0 Å². The monoisotopic (exact) mass is 258 g/mol. The number of benzene rings is 1. The topological polar surface area (TPSA) is 64.3 Å². The van der Waals surface area contributed by atoms with Crippen molar-refractivity contribution in [3.05, 3.63) is 29.3 Å². The van der Waals surface area contributed by atoms with Gasteiger partial charge in [-0.05, 0) is 37.3 Å². The molecule has 0 radical (unpaired) electrons. The highest BCUT2D eigenvalue weighted by atomic mass is 16.4. The van der Waals surface area contributed by atoms with Gasteiger partial charge < -0.3 is 10.0 Å². The van der Waals surface area contributed by atoms with E-state index >= 15 is 0 Å². The molecule has 0 spiro atoms. The van der Waals surface area contributed by atoms with E-state index in [-0.39, 0.29) is 5.92 Å². The molecule has 0 bridgehead atoms. The molecule has 0 aromatic heterocycles. The van der Waals surface area contributed by atoms with Crippen LogP contribution < -0.4 is 4.90 Å². The molecule has 2 atom stereocenters. The number of carboxylic acid groups (broad SMARTS) is 1. The van der Waals surface area contributed by atoms with Crippen LogP contribution in [0.5, 0.6) is 0 Å². The summed E-state index contributed by atoms with van der Waals surface area (Å²) in [5, 5.41) is 18.7. The second-order valence-electron chi connectivity index (χ2n) is 5.18. The average molecular weight is 258 g/mol. The number of rotatable bonds is 2. The molecule has 1 heterocycles. The van der Waals surface area contributed by atoms with Gasteiger partial charge in [0.25, 0.3) is 0 Å². The van der Waals surface area contributed by atoms with E-state index in [4.69, 9.17) is 0 Å². The van der Waals surface area contributed by atoms with Gasteiger partial charge in [0.15, 0.2) is 0 Å². The molecule has 1 saturated heterocycles. The van der Waals surface area contributed by atoms with E-state index in [1.807, 2.05) is 30.9 Å². The van der Waals surface area contributed by atoms with Gasteiger partial charge in [0, 0.05) is 6.54 Å². The van der Waals surface area contributed by atoms with E-state index < -0.39 is 12.0 Å². The van der Waals surface area contributed by atoms with Gasteiger partial charge >= 0.3 is 5.97 Å². The van der Waals surface area contributed by atoms with Crippen molar-refractivity contribution in [2.45, 2.75) is 32.7 Å². The SMILES string of the molecule is Cc1cccc(C#N)c1N1CCCC(C)C1C(=O)O. The number of carbonyl (C=O) groups is 1. The van der Waals surface area contributed by atoms with Gasteiger partial charge in [0.05, 0.1) is 11.3 Å². The molecule has 1 aliphatic heterocycles. The third kappa shape index (κ3) is 2.41. The summed E-state index contributed by atoms with van der Waals surface area (Å²) in [6.45, 7) is 4.59. The lowest BCUT2D eigenvalue weighted by Crippen LogP contribution is -2.50. The number of nitrogens with zero attached hydrogens (tertiary/aromatic N) is 2. The van der Waals surface area contributed by atoms with E-state index in [1.165, 1.54) is 0 Å². The van der Waals surface area contributed by atoms with Crippen molar-refractivity contribution < 1.29 is 9.90 Å². The van der Waals surface area contributed by atoms with Crippen LogP contribution in [0.25, 0.3) is 0 Å². The van der Waals surface area contributed by atoms with E-state index in [2.05, 4.69) is 6.07 Å². The van der Waals surface area contributed by atoms with Gasteiger partial charge in [-0.15, -0.1) is 0 Å². The first-order valence-corrected chi connectivity index (χ1v) is 6.55. The van der Waals surface area contributed by atoms with Gasteiger partial charge in [0.2, 0.25) is 0 Å². The van der Waals surface area contributed by atoms with Crippen molar-refractivity contribution in [2.24, 2.45) is 5.92 Å². The first-order chi connectivity index (χ1) is 9.06. The molecule has 4 nitrogen and oxygen atoms in total. The van der Waals surface area contributed by atoms with Gasteiger partial charge in [-0.25, -0.2) is 4.79 Å². The molecular weight excluding hydrogens is 240 g/mol. The Balaban J connectivity index is 2.50. The fourth-order valence-corrected chi connectivity index (χ4v) is 2.95. The number of aliphatic carboxylic acids is 1. The predicted octanol–water partition coefficient (Wildman–Crippen LogP) is 2.56. The summed E-state index contributed by atoms with van der Waals surface area (Å²) in [5.41, 5.74) is 2.30. The molecular formula is C15H18N2O2. The van der Waals surface area contributed by atoms with Crippen LogP contribution in [0.4, 0.5) is 5.69 Å². The summed E-state index contributed by atoms with van der Waals surface area (Å²) in [6.07, 6.45) is 1.88. The largest absolute Gasteiger partial charge is 0.480 e. The molecule has 1 aromatic rings. The number of carboxylic acids is 1. The lowest BCUT2D eigenvalue weighted by atomic mass is 9.89. The summed E-state index contributed by atoms with van der Waals surface area (Å²) in [4.78, 5) is 13.4.